The van der Waals surface area contributed by atoms with E-state index in [0.29, 0.717) is 17.0 Å². The average Bonchev–Trinajstić information content (AvgIpc) is 2.54. The molecular weight excluding hydrogens is 284 g/mol. The number of carbonyl (C=O) groups is 1. The van der Waals surface area contributed by atoms with E-state index in [1.807, 2.05) is 12.1 Å². The molecule has 0 amide bonds. The third-order valence-electron chi connectivity index (χ3n) is 2.63. The smallest absolute Gasteiger partial charge is 0.214 e. The van der Waals surface area contributed by atoms with Crippen LogP contribution in [0.25, 0.3) is 0 Å². The van der Waals surface area contributed by atoms with Crippen molar-refractivity contribution in [2.24, 2.45) is 15.9 Å². The first kappa shape index (κ1) is 10.4. The average molecular weight is 291 g/mol. The van der Waals surface area contributed by atoms with Gasteiger partial charge in [0.05, 0.1) is 0 Å². The molecule has 6 heteroatoms. The first-order valence-corrected chi connectivity index (χ1v) is 5.63. The van der Waals surface area contributed by atoms with Gasteiger partial charge in [-0.25, -0.2) is 10.8 Å². The van der Waals surface area contributed by atoms with Crippen molar-refractivity contribution in [3.63, 3.8) is 0 Å². The second kappa shape index (κ2) is 3.35. The summed E-state index contributed by atoms with van der Waals surface area (Å²) in [5.41, 5.74) is 2.15. The van der Waals surface area contributed by atoms with Crippen molar-refractivity contribution in [3.05, 3.63) is 46.2 Å². The fraction of sp³-hybridized carbons (Fsp3) is 0. The molecule has 0 radical (unpaired) electrons. The van der Waals surface area contributed by atoms with E-state index in [4.69, 9.17) is 5.84 Å². The highest BCUT2D eigenvalue weighted by atomic mass is 79.9. The van der Waals surface area contributed by atoms with Gasteiger partial charge < -0.3 is 0 Å². The van der Waals surface area contributed by atoms with Crippen LogP contribution in [0.15, 0.2) is 45.2 Å². The number of nitrogens with zero attached hydrogens (tertiary/aromatic N) is 3. The van der Waals surface area contributed by atoms with E-state index < -0.39 is 0 Å². The molecule has 2 aliphatic rings. The predicted molar refractivity (Wildman–Crippen MR) is 67.6 cm³/mol. The molecule has 0 atom stereocenters. The van der Waals surface area contributed by atoms with Gasteiger partial charge in [0.1, 0.15) is 11.4 Å². The number of hydrazine groups is 1. The Bertz CT molecular complexity index is 632. The van der Waals surface area contributed by atoms with E-state index in [9.17, 15) is 4.79 Å². The largest absolute Gasteiger partial charge is 0.287 e. The first-order chi connectivity index (χ1) is 8.08. The molecule has 0 saturated carbocycles. The monoisotopic (exact) mass is 290 g/mol. The summed E-state index contributed by atoms with van der Waals surface area (Å²) < 4.78 is 0.841. The number of hydrogen-bond donors (Lipinski definition) is 1. The van der Waals surface area contributed by atoms with Crippen molar-refractivity contribution in [2.45, 2.75) is 0 Å². The van der Waals surface area contributed by atoms with Crippen LogP contribution in [-0.2, 0) is 0 Å². The Labute approximate surface area is 105 Å². The van der Waals surface area contributed by atoms with Crippen LogP contribution in [0.5, 0.6) is 0 Å². The number of rotatable bonds is 0. The molecule has 1 aromatic carbocycles. The van der Waals surface area contributed by atoms with Crippen LogP contribution < -0.4 is 5.84 Å². The Morgan fingerprint density at radius 3 is 2.82 bits per heavy atom. The molecule has 2 N–H and O–H groups in total. The van der Waals surface area contributed by atoms with E-state index in [1.165, 1.54) is 0 Å². The Hall–Kier alpha value is -1.79. The molecule has 1 aliphatic heterocycles. The standard InChI is InChI=1S/C11H7BrN4O/c1-5-14-10-9(15-16(5)13)7-3-2-6(12)4-8(7)11(10)17/h2-4H,1,13H2. The maximum Gasteiger partial charge on any atom is 0.214 e. The SMILES string of the molecule is C=C1N=C2C(=O)c3cc(Br)ccc3C2=NN1N. The fourth-order valence-corrected chi connectivity index (χ4v) is 2.19. The predicted octanol–water partition coefficient (Wildman–Crippen LogP) is 1.45. The number of hydrogen-bond acceptors (Lipinski definition) is 5. The van der Waals surface area contributed by atoms with Gasteiger partial charge in [-0.1, -0.05) is 28.6 Å². The minimum atomic E-state index is -0.144. The minimum Gasteiger partial charge on any atom is -0.287 e. The lowest BCUT2D eigenvalue weighted by Crippen LogP contribution is -2.32. The number of halogens is 1. The molecule has 3 rings (SSSR count). The number of aliphatic imine (C=N–C) groups is 1. The van der Waals surface area contributed by atoms with Crippen LogP contribution in [0.1, 0.15) is 15.9 Å². The maximum absolute atomic E-state index is 12.1. The molecule has 0 spiro atoms. The van der Waals surface area contributed by atoms with Crippen molar-refractivity contribution in [1.82, 2.24) is 5.12 Å². The highest BCUT2D eigenvalue weighted by Crippen LogP contribution is 2.27. The molecule has 0 bridgehead atoms. The summed E-state index contributed by atoms with van der Waals surface area (Å²) in [4.78, 5) is 16.2. The van der Waals surface area contributed by atoms with E-state index >= 15 is 0 Å². The quantitative estimate of drug-likeness (QED) is 0.735. The van der Waals surface area contributed by atoms with E-state index in [0.717, 1.165) is 15.2 Å². The van der Waals surface area contributed by atoms with Gasteiger partial charge in [-0.2, -0.15) is 10.2 Å². The molecule has 1 aromatic rings. The van der Waals surface area contributed by atoms with Crippen LogP contribution in [0.2, 0.25) is 0 Å². The Balaban J connectivity index is 2.27. The van der Waals surface area contributed by atoms with Crippen molar-refractivity contribution < 1.29 is 4.79 Å². The molecule has 1 aliphatic carbocycles. The van der Waals surface area contributed by atoms with Crippen molar-refractivity contribution in [1.29, 1.82) is 0 Å². The molecular formula is C11H7BrN4O. The maximum atomic E-state index is 12.1. The number of hydrazone groups is 1. The minimum absolute atomic E-state index is 0.144. The number of fused-ring (bicyclic) bond motifs is 3. The number of ketones is 1. The molecule has 0 saturated heterocycles. The second-order valence-electron chi connectivity index (χ2n) is 3.69. The van der Waals surface area contributed by atoms with Gasteiger partial charge in [0, 0.05) is 15.6 Å². The molecule has 5 nitrogen and oxygen atoms in total. The summed E-state index contributed by atoms with van der Waals surface area (Å²) >= 11 is 3.33. The van der Waals surface area contributed by atoms with Gasteiger partial charge in [-0.3, -0.25) is 4.79 Å². The second-order valence-corrected chi connectivity index (χ2v) is 4.60. The van der Waals surface area contributed by atoms with Gasteiger partial charge in [0.25, 0.3) is 0 Å². The van der Waals surface area contributed by atoms with Crippen LogP contribution in [0, 0.1) is 0 Å². The first-order valence-electron chi connectivity index (χ1n) is 4.84. The van der Waals surface area contributed by atoms with Crippen molar-refractivity contribution in [3.8, 4) is 0 Å². The Morgan fingerprint density at radius 2 is 2.06 bits per heavy atom. The Morgan fingerprint density at radius 1 is 1.29 bits per heavy atom. The molecule has 0 fully saturated rings. The van der Waals surface area contributed by atoms with Gasteiger partial charge in [0.2, 0.25) is 5.78 Å². The lowest BCUT2D eigenvalue weighted by Gasteiger charge is -2.17. The van der Waals surface area contributed by atoms with Crippen LogP contribution in [-0.4, -0.2) is 22.3 Å². The number of nitrogens with two attached hydrogens (primary N) is 1. The highest BCUT2D eigenvalue weighted by molar-refractivity contribution is 9.10. The number of benzene rings is 1. The lowest BCUT2D eigenvalue weighted by atomic mass is 10.1. The molecule has 1 heterocycles. The Kier molecular flexibility index (Phi) is 2.04. The topological polar surface area (TPSA) is 71.0 Å². The zero-order valence-electron chi connectivity index (χ0n) is 8.64. The van der Waals surface area contributed by atoms with Gasteiger partial charge in [0.15, 0.2) is 5.82 Å². The van der Waals surface area contributed by atoms with Gasteiger partial charge >= 0.3 is 0 Å². The van der Waals surface area contributed by atoms with Crippen LogP contribution >= 0.6 is 15.9 Å². The fourth-order valence-electron chi connectivity index (χ4n) is 1.82. The summed E-state index contributed by atoms with van der Waals surface area (Å²) in [5, 5.41) is 5.18. The van der Waals surface area contributed by atoms with Crippen molar-refractivity contribution >= 4 is 33.1 Å². The van der Waals surface area contributed by atoms with Crippen molar-refractivity contribution in [2.75, 3.05) is 0 Å². The number of carbonyl (C=O) groups excluding carboxylic acids is 1. The molecule has 0 unspecified atom stereocenters. The molecule has 17 heavy (non-hydrogen) atoms. The highest BCUT2D eigenvalue weighted by Gasteiger charge is 2.36. The summed E-state index contributed by atoms with van der Waals surface area (Å²) in [6.45, 7) is 3.62. The summed E-state index contributed by atoms with van der Waals surface area (Å²) in [5.74, 6) is 5.69. The summed E-state index contributed by atoms with van der Waals surface area (Å²) in [6.07, 6.45) is 0. The van der Waals surface area contributed by atoms with Crippen LogP contribution in [0.4, 0.5) is 0 Å². The van der Waals surface area contributed by atoms with Crippen LogP contribution in [0.3, 0.4) is 0 Å². The van der Waals surface area contributed by atoms with E-state index in [-0.39, 0.29) is 11.6 Å². The van der Waals surface area contributed by atoms with E-state index in [2.05, 4.69) is 32.6 Å². The third kappa shape index (κ3) is 1.38. The van der Waals surface area contributed by atoms with Gasteiger partial charge in [-0.05, 0) is 12.1 Å². The third-order valence-corrected chi connectivity index (χ3v) is 3.13. The van der Waals surface area contributed by atoms with E-state index in [1.54, 1.807) is 6.07 Å². The van der Waals surface area contributed by atoms with Gasteiger partial charge in [-0.15, -0.1) is 0 Å². The summed E-state index contributed by atoms with van der Waals surface area (Å²) in [6, 6.07) is 5.42. The molecule has 0 aromatic heterocycles. The zero-order valence-corrected chi connectivity index (χ0v) is 10.2. The molecule has 84 valence electrons. The normalized spacial score (nSPS) is 17.6. The summed E-state index contributed by atoms with van der Waals surface area (Å²) in [7, 11) is 0. The number of Topliss-reactive ketones (excluding diaryl/α,β-unsaturated/α-hetero) is 1. The lowest BCUT2D eigenvalue weighted by molar-refractivity contribution is 0.106. The zero-order chi connectivity index (χ0) is 12.2.